The first-order valence-corrected chi connectivity index (χ1v) is 6.98. The second-order valence-corrected chi connectivity index (χ2v) is 5.87. The van der Waals surface area contributed by atoms with Gasteiger partial charge in [-0.25, -0.2) is 4.79 Å². The van der Waals surface area contributed by atoms with Crippen LogP contribution in [0.3, 0.4) is 0 Å². The molecule has 0 radical (unpaired) electrons. The van der Waals surface area contributed by atoms with Crippen molar-refractivity contribution in [2.24, 2.45) is 0 Å². The highest BCUT2D eigenvalue weighted by molar-refractivity contribution is 7.10. The molecule has 0 saturated carbocycles. The predicted molar refractivity (Wildman–Crippen MR) is 69.6 cm³/mol. The van der Waals surface area contributed by atoms with Gasteiger partial charge in [0.05, 0.1) is 6.42 Å². The van der Waals surface area contributed by atoms with Crippen molar-refractivity contribution in [1.29, 1.82) is 0 Å². The quantitative estimate of drug-likeness (QED) is 0.913. The number of hydrogen-bond acceptors (Lipinski definition) is 3. The number of carbonyl (C=O) groups is 2. The average molecular weight is 267 g/mol. The number of amides is 1. The van der Waals surface area contributed by atoms with Crippen molar-refractivity contribution in [2.45, 2.75) is 38.1 Å². The maximum atomic E-state index is 12.3. The minimum Gasteiger partial charge on any atom is -0.480 e. The largest absolute Gasteiger partial charge is 0.480 e. The summed E-state index contributed by atoms with van der Waals surface area (Å²) in [6, 6.07) is 3.81. The molecule has 18 heavy (non-hydrogen) atoms. The lowest BCUT2D eigenvalue weighted by atomic mass is 9.88. The van der Waals surface area contributed by atoms with Crippen LogP contribution in [-0.2, 0) is 16.0 Å². The van der Waals surface area contributed by atoms with Gasteiger partial charge in [-0.1, -0.05) is 6.07 Å². The van der Waals surface area contributed by atoms with Crippen LogP contribution in [-0.4, -0.2) is 34.0 Å². The first-order chi connectivity index (χ1) is 8.54. The van der Waals surface area contributed by atoms with Gasteiger partial charge in [-0.05, 0) is 37.6 Å². The van der Waals surface area contributed by atoms with E-state index in [1.54, 1.807) is 11.8 Å². The Morgan fingerprint density at radius 2 is 2.28 bits per heavy atom. The fraction of sp³-hybridized carbons (Fsp3) is 0.538. The molecule has 1 amide bonds. The summed E-state index contributed by atoms with van der Waals surface area (Å²) in [5, 5.41) is 11.3. The molecule has 0 aromatic carbocycles. The number of piperidine rings is 1. The highest BCUT2D eigenvalue weighted by atomic mass is 32.1. The van der Waals surface area contributed by atoms with Crippen LogP contribution in [0.15, 0.2) is 17.5 Å². The van der Waals surface area contributed by atoms with E-state index in [1.165, 1.54) is 11.3 Å². The van der Waals surface area contributed by atoms with Crippen molar-refractivity contribution in [3.63, 3.8) is 0 Å². The minimum atomic E-state index is -1.04. The van der Waals surface area contributed by atoms with Gasteiger partial charge >= 0.3 is 5.97 Å². The van der Waals surface area contributed by atoms with E-state index in [1.807, 2.05) is 17.5 Å². The van der Waals surface area contributed by atoms with E-state index in [-0.39, 0.29) is 5.91 Å². The number of carboxylic acid groups (broad SMARTS) is 1. The van der Waals surface area contributed by atoms with Crippen molar-refractivity contribution in [3.8, 4) is 0 Å². The zero-order chi connectivity index (χ0) is 13.2. The molecule has 1 N–H and O–H groups in total. The van der Waals surface area contributed by atoms with E-state index in [2.05, 4.69) is 0 Å². The Kier molecular flexibility index (Phi) is 3.71. The Morgan fingerprint density at radius 1 is 1.50 bits per heavy atom. The lowest BCUT2D eigenvalue weighted by Gasteiger charge is -2.41. The molecule has 4 nitrogen and oxygen atoms in total. The van der Waals surface area contributed by atoms with Crippen LogP contribution in [0.25, 0.3) is 0 Å². The number of hydrogen-bond donors (Lipinski definition) is 1. The van der Waals surface area contributed by atoms with E-state index >= 15 is 0 Å². The second-order valence-electron chi connectivity index (χ2n) is 4.84. The van der Waals surface area contributed by atoms with Gasteiger partial charge in [0.1, 0.15) is 5.54 Å². The standard InChI is InChI=1S/C13H17NO3S/c1-13(12(16)17)6-2-3-7-14(13)11(15)9-10-5-4-8-18-10/h4-5,8H,2-3,6-7,9H2,1H3,(H,16,17). The second kappa shape index (κ2) is 5.10. The number of thiophene rings is 1. The van der Waals surface area contributed by atoms with Crippen molar-refractivity contribution >= 4 is 23.2 Å². The monoisotopic (exact) mass is 267 g/mol. The molecule has 1 aromatic heterocycles. The topological polar surface area (TPSA) is 57.6 Å². The van der Waals surface area contributed by atoms with Gasteiger partial charge in [-0.2, -0.15) is 0 Å². The minimum absolute atomic E-state index is 0.0814. The average Bonchev–Trinajstić information content (AvgIpc) is 2.82. The molecular weight excluding hydrogens is 250 g/mol. The molecule has 1 fully saturated rings. The van der Waals surface area contributed by atoms with Gasteiger partial charge in [0.15, 0.2) is 0 Å². The molecule has 0 aliphatic carbocycles. The van der Waals surface area contributed by atoms with Crippen molar-refractivity contribution in [1.82, 2.24) is 4.90 Å². The fourth-order valence-corrected chi connectivity index (χ4v) is 3.10. The van der Waals surface area contributed by atoms with Crippen LogP contribution >= 0.6 is 11.3 Å². The lowest BCUT2D eigenvalue weighted by Crippen LogP contribution is -2.57. The van der Waals surface area contributed by atoms with E-state index in [4.69, 9.17) is 0 Å². The summed E-state index contributed by atoms with van der Waals surface area (Å²) < 4.78 is 0. The number of likely N-dealkylation sites (tertiary alicyclic amines) is 1. The Hall–Kier alpha value is -1.36. The van der Waals surface area contributed by atoms with Gasteiger partial charge in [-0.15, -0.1) is 11.3 Å². The van der Waals surface area contributed by atoms with Gasteiger partial charge in [0.2, 0.25) is 5.91 Å². The van der Waals surface area contributed by atoms with Crippen LogP contribution in [0.4, 0.5) is 0 Å². The molecule has 98 valence electrons. The van der Waals surface area contributed by atoms with Crippen LogP contribution in [0.5, 0.6) is 0 Å². The highest BCUT2D eigenvalue weighted by Crippen LogP contribution is 2.29. The highest BCUT2D eigenvalue weighted by Gasteiger charge is 2.43. The first kappa shape index (κ1) is 13.1. The Bertz CT molecular complexity index is 443. The lowest BCUT2D eigenvalue weighted by molar-refractivity contribution is -0.160. The van der Waals surface area contributed by atoms with Gasteiger partial charge in [0.25, 0.3) is 0 Å². The Labute approximate surface area is 110 Å². The summed E-state index contributed by atoms with van der Waals surface area (Å²) in [4.78, 5) is 26.2. The summed E-state index contributed by atoms with van der Waals surface area (Å²) in [7, 11) is 0. The summed E-state index contributed by atoms with van der Waals surface area (Å²) in [5.41, 5.74) is -1.04. The molecule has 1 unspecified atom stereocenters. The molecule has 5 heteroatoms. The predicted octanol–water partition coefficient (Wildman–Crippen LogP) is 2.15. The summed E-state index contributed by atoms with van der Waals surface area (Å²) in [6.45, 7) is 2.20. The van der Waals surface area contributed by atoms with E-state index in [0.29, 0.717) is 19.4 Å². The number of aliphatic carboxylic acids is 1. The molecule has 2 rings (SSSR count). The number of rotatable bonds is 3. The molecule has 1 atom stereocenters. The molecule has 0 bridgehead atoms. The first-order valence-electron chi connectivity index (χ1n) is 6.10. The molecule has 1 aromatic rings. The smallest absolute Gasteiger partial charge is 0.329 e. The third-order valence-electron chi connectivity index (χ3n) is 3.56. The van der Waals surface area contributed by atoms with Gasteiger partial charge < -0.3 is 10.0 Å². The molecule has 1 saturated heterocycles. The maximum Gasteiger partial charge on any atom is 0.329 e. The van der Waals surface area contributed by atoms with E-state index in [0.717, 1.165) is 17.7 Å². The molecule has 1 aliphatic rings. The summed E-state index contributed by atoms with van der Waals surface area (Å²) in [6.07, 6.45) is 2.60. The van der Waals surface area contributed by atoms with Crippen molar-refractivity contribution in [3.05, 3.63) is 22.4 Å². The summed E-state index contributed by atoms with van der Waals surface area (Å²) in [5.74, 6) is -0.983. The third-order valence-corrected chi connectivity index (χ3v) is 4.43. The zero-order valence-electron chi connectivity index (χ0n) is 10.4. The van der Waals surface area contributed by atoms with Crippen molar-refractivity contribution < 1.29 is 14.7 Å². The van der Waals surface area contributed by atoms with Gasteiger partial charge in [-0.3, -0.25) is 4.79 Å². The van der Waals surface area contributed by atoms with E-state index in [9.17, 15) is 14.7 Å². The zero-order valence-corrected chi connectivity index (χ0v) is 11.2. The number of nitrogens with zero attached hydrogens (tertiary/aromatic N) is 1. The van der Waals surface area contributed by atoms with Crippen LogP contribution in [0, 0.1) is 0 Å². The molecule has 1 aliphatic heterocycles. The number of carboxylic acids is 1. The van der Waals surface area contributed by atoms with Gasteiger partial charge in [0, 0.05) is 11.4 Å². The van der Waals surface area contributed by atoms with E-state index < -0.39 is 11.5 Å². The normalized spacial score (nSPS) is 23.9. The fourth-order valence-electron chi connectivity index (χ4n) is 2.40. The SMILES string of the molecule is CC1(C(=O)O)CCCCN1C(=O)Cc1cccs1. The molecule has 2 heterocycles. The van der Waals surface area contributed by atoms with Crippen LogP contribution in [0.1, 0.15) is 31.1 Å². The molecular formula is C13H17NO3S. The maximum absolute atomic E-state index is 12.3. The molecule has 0 spiro atoms. The Balaban J connectivity index is 2.14. The van der Waals surface area contributed by atoms with Crippen molar-refractivity contribution in [2.75, 3.05) is 6.54 Å². The third kappa shape index (κ3) is 2.41. The number of carbonyl (C=O) groups excluding carboxylic acids is 1. The van der Waals surface area contributed by atoms with Crippen LogP contribution in [0.2, 0.25) is 0 Å². The Morgan fingerprint density at radius 3 is 2.89 bits per heavy atom. The van der Waals surface area contributed by atoms with Crippen LogP contribution < -0.4 is 0 Å². The summed E-state index contributed by atoms with van der Waals surface area (Å²) >= 11 is 1.53.